The lowest BCUT2D eigenvalue weighted by Crippen LogP contribution is -2.44. The van der Waals surface area contributed by atoms with Crippen molar-refractivity contribution in [3.05, 3.63) is 0 Å². The summed E-state index contributed by atoms with van der Waals surface area (Å²) in [5, 5.41) is 0. The second kappa shape index (κ2) is 7.27. The van der Waals surface area contributed by atoms with E-state index in [0.29, 0.717) is 30.8 Å². The Morgan fingerprint density at radius 1 is 1.33 bits per heavy atom. The molecule has 0 saturated heterocycles. The minimum absolute atomic E-state index is 0.216. The number of hydrogen-bond donors (Lipinski definition) is 0. The number of methoxy groups -OCH3 is 1. The first kappa shape index (κ1) is 13.9. The third kappa shape index (κ3) is 7.98. The molecule has 0 heterocycles. The molecule has 0 N–H and O–H groups in total. The molecule has 86 valence electrons. The summed E-state index contributed by atoms with van der Waals surface area (Å²) >= 11 is 0. The second-order valence-corrected chi connectivity index (χ2v) is 3.82. The molecule has 0 aliphatic heterocycles. The normalized spacial score (nSPS) is 10.4. The SMILES string of the molecule is CCOCC#CC[N+](C)(C)CC(=O)OC. The van der Waals surface area contributed by atoms with Gasteiger partial charge in [-0.25, -0.2) is 4.79 Å². The molecule has 0 aromatic carbocycles. The van der Waals surface area contributed by atoms with Crippen molar-refractivity contribution in [3.63, 3.8) is 0 Å². The Balaban J connectivity index is 3.90. The maximum atomic E-state index is 11.1. The van der Waals surface area contributed by atoms with Gasteiger partial charge in [0.15, 0.2) is 6.54 Å². The fraction of sp³-hybridized carbons (Fsp3) is 0.727. The van der Waals surface area contributed by atoms with Crippen LogP contribution < -0.4 is 0 Å². The van der Waals surface area contributed by atoms with E-state index in [0.717, 1.165) is 0 Å². The average Bonchev–Trinajstić information content (AvgIpc) is 2.16. The van der Waals surface area contributed by atoms with Gasteiger partial charge in [-0.15, -0.1) is 0 Å². The Bertz CT molecular complexity index is 250. The number of quaternary nitrogens is 1. The Morgan fingerprint density at radius 3 is 2.53 bits per heavy atom. The van der Waals surface area contributed by atoms with Crippen LogP contribution in [0.15, 0.2) is 0 Å². The van der Waals surface area contributed by atoms with E-state index in [-0.39, 0.29) is 5.97 Å². The summed E-state index contributed by atoms with van der Waals surface area (Å²) in [6, 6.07) is 0. The van der Waals surface area contributed by atoms with E-state index in [1.54, 1.807) is 0 Å². The predicted octanol–water partition coefficient (Wildman–Crippen LogP) is 0.276. The van der Waals surface area contributed by atoms with E-state index in [4.69, 9.17) is 4.74 Å². The molecule has 0 atom stereocenters. The van der Waals surface area contributed by atoms with Gasteiger partial charge in [0.2, 0.25) is 0 Å². The molecule has 0 bridgehead atoms. The van der Waals surface area contributed by atoms with Crippen LogP contribution in [0.25, 0.3) is 0 Å². The second-order valence-electron chi connectivity index (χ2n) is 3.82. The molecule has 0 aromatic heterocycles. The number of hydrogen-bond acceptors (Lipinski definition) is 3. The highest BCUT2D eigenvalue weighted by molar-refractivity contribution is 5.70. The number of ether oxygens (including phenoxy) is 2. The maximum absolute atomic E-state index is 11.1. The molecular weight excluding hydrogens is 194 g/mol. The van der Waals surface area contributed by atoms with Gasteiger partial charge in [0, 0.05) is 6.61 Å². The lowest BCUT2D eigenvalue weighted by atomic mass is 10.4. The van der Waals surface area contributed by atoms with Gasteiger partial charge in [0.1, 0.15) is 13.2 Å². The molecule has 0 radical (unpaired) electrons. The monoisotopic (exact) mass is 214 g/mol. The third-order valence-corrected chi connectivity index (χ3v) is 1.80. The first-order valence-corrected chi connectivity index (χ1v) is 4.94. The Hall–Kier alpha value is -1.05. The molecule has 0 aliphatic carbocycles. The Kier molecular flexibility index (Phi) is 6.76. The number of rotatable bonds is 5. The van der Waals surface area contributed by atoms with Gasteiger partial charge in [-0.05, 0) is 12.8 Å². The molecule has 0 rings (SSSR count). The quantitative estimate of drug-likeness (QED) is 0.285. The fourth-order valence-corrected chi connectivity index (χ4v) is 0.944. The number of likely N-dealkylation sites (N-methyl/N-ethyl adjacent to an activating group) is 1. The summed E-state index contributed by atoms with van der Waals surface area (Å²) < 4.78 is 10.2. The lowest BCUT2D eigenvalue weighted by molar-refractivity contribution is -0.875. The van der Waals surface area contributed by atoms with Crippen LogP contribution in [0.1, 0.15) is 6.92 Å². The number of carbonyl (C=O) groups is 1. The summed E-state index contributed by atoms with van der Waals surface area (Å²) in [5.74, 6) is 5.66. The van der Waals surface area contributed by atoms with E-state index in [1.807, 2.05) is 21.0 Å². The first-order chi connectivity index (χ1) is 7.02. The highest BCUT2D eigenvalue weighted by Gasteiger charge is 2.18. The molecule has 15 heavy (non-hydrogen) atoms. The van der Waals surface area contributed by atoms with Crippen LogP contribution in [0.3, 0.4) is 0 Å². The zero-order valence-electron chi connectivity index (χ0n) is 10.0. The van der Waals surface area contributed by atoms with Crippen molar-refractivity contribution < 1.29 is 18.8 Å². The van der Waals surface area contributed by atoms with Crippen LogP contribution in [0, 0.1) is 11.8 Å². The Labute approximate surface area is 91.7 Å². The zero-order chi connectivity index (χ0) is 11.7. The minimum Gasteiger partial charge on any atom is -0.465 e. The van der Waals surface area contributed by atoms with Gasteiger partial charge in [-0.3, -0.25) is 0 Å². The smallest absolute Gasteiger partial charge is 0.361 e. The van der Waals surface area contributed by atoms with Crippen LogP contribution in [0.2, 0.25) is 0 Å². The van der Waals surface area contributed by atoms with Crippen molar-refractivity contribution in [1.82, 2.24) is 0 Å². The van der Waals surface area contributed by atoms with Crippen molar-refractivity contribution >= 4 is 5.97 Å². The molecule has 0 unspecified atom stereocenters. The van der Waals surface area contributed by atoms with Crippen molar-refractivity contribution in [2.45, 2.75) is 6.92 Å². The number of esters is 1. The van der Waals surface area contributed by atoms with Gasteiger partial charge in [0.05, 0.1) is 21.2 Å². The Morgan fingerprint density at radius 2 is 2.00 bits per heavy atom. The van der Waals surface area contributed by atoms with Gasteiger partial charge in [-0.2, -0.15) is 0 Å². The molecule has 0 saturated carbocycles. The standard InChI is InChI=1S/C11H20NO3/c1-5-15-9-7-6-8-12(2,3)10-11(13)14-4/h5,8-10H2,1-4H3/q+1. The minimum atomic E-state index is -0.216. The van der Waals surface area contributed by atoms with Gasteiger partial charge in [0.25, 0.3) is 0 Å². The number of carbonyl (C=O) groups excluding carboxylic acids is 1. The molecule has 0 amide bonds. The van der Waals surface area contributed by atoms with Crippen molar-refractivity contribution in [1.29, 1.82) is 0 Å². The van der Waals surface area contributed by atoms with Gasteiger partial charge >= 0.3 is 5.97 Å². The summed E-state index contributed by atoms with van der Waals surface area (Å²) in [4.78, 5) is 11.1. The summed E-state index contributed by atoms with van der Waals surface area (Å²) in [6.45, 7) is 4.00. The largest absolute Gasteiger partial charge is 0.465 e. The molecule has 0 aliphatic rings. The van der Waals surface area contributed by atoms with E-state index >= 15 is 0 Å². The van der Waals surface area contributed by atoms with E-state index in [2.05, 4.69) is 16.6 Å². The first-order valence-electron chi connectivity index (χ1n) is 4.94. The molecule has 4 heteroatoms. The molecule has 0 fully saturated rings. The molecular formula is C11H20NO3+. The van der Waals surface area contributed by atoms with Crippen molar-refractivity contribution in [2.75, 3.05) is 47.5 Å². The van der Waals surface area contributed by atoms with Crippen molar-refractivity contribution in [3.8, 4) is 11.8 Å². The predicted molar refractivity (Wildman–Crippen MR) is 58.1 cm³/mol. The van der Waals surface area contributed by atoms with E-state index in [1.165, 1.54) is 7.11 Å². The highest BCUT2D eigenvalue weighted by Crippen LogP contribution is 1.95. The van der Waals surface area contributed by atoms with Crippen LogP contribution in [0.5, 0.6) is 0 Å². The summed E-state index contributed by atoms with van der Waals surface area (Å²) in [6.07, 6.45) is 0. The zero-order valence-corrected chi connectivity index (χ0v) is 10.0. The van der Waals surface area contributed by atoms with Crippen molar-refractivity contribution in [2.24, 2.45) is 0 Å². The van der Waals surface area contributed by atoms with Gasteiger partial charge in [-0.1, -0.05) is 5.92 Å². The molecule has 4 nitrogen and oxygen atoms in total. The van der Waals surface area contributed by atoms with Gasteiger partial charge < -0.3 is 14.0 Å². The van der Waals surface area contributed by atoms with E-state index < -0.39 is 0 Å². The third-order valence-electron chi connectivity index (χ3n) is 1.80. The van der Waals surface area contributed by atoms with E-state index in [9.17, 15) is 4.79 Å². The maximum Gasteiger partial charge on any atom is 0.361 e. The summed E-state index contributed by atoms with van der Waals surface area (Å²) in [5.41, 5.74) is 0. The van der Waals surface area contributed by atoms with Crippen LogP contribution >= 0.6 is 0 Å². The highest BCUT2D eigenvalue weighted by atomic mass is 16.5. The topological polar surface area (TPSA) is 35.5 Å². The van der Waals surface area contributed by atoms with Crippen LogP contribution in [-0.4, -0.2) is 58.0 Å². The van der Waals surface area contributed by atoms with Crippen LogP contribution in [0.4, 0.5) is 0 Å². The fourth-order valence-electron chi connectivity index (χ4n) is 0.944. The molecule has 0 aromatic rings. The summed E-state index contributed by atoms with van der Waals surface area (Å²) in [7, 11) is 5.27. The number of nitrogens with zero attached hydrogens (tertiary/aromatic N) is 1. The molecule has 0 spiro atoms. The lowest BCUT2D eigenvalue weighted by Gasteiger charge is -2.25. The average molecular weight is 214 g/mol. The van der Waals surface area contributed by atoms with Crippen LogP contribution in [-0.2, 0) is 14.3 Å².